The molecule has 1 fully saturated rings. The Balaban J connectivity index is 1.59. The minimum Gasteiger partial charge on any atom is -0.481 e. The first-order chi connectivity index (χ1) is 10.2. The highest BCUT2D eigenvalue weighted by Crippen LogP contribution is 2.36. The molecule has 0 spiro atoms. The first kappa shape index (κ1) is 12.3. The number of benzene rings is 1. The van der Waals surface area contributed by atoms with Crippen LogP contribution in [0.1, 0.15) is 12.8 Å². The van der Waals surface area contributed by atoms with E-state index in [9.17, 15) is 4.79 Å². The van der Waals surface area contributed by atoms with Crippen LogP contribution in [0.4, 0.5) is 5.95 Å². The number of fused-ring (bicyclic) bond motifs is 2. The molecule has 0 atom stereocenters. The Kier molecular flexibility index (Phi) is 2.66. The molecule has 2 aromatic rings. The Labute approximate surface area is 120 Å². The topological polar surface area (TPSA) is 87.7 Å². The van der Waals surface area contributed by atoms with Gasteiger partial charge in [0.2, 0.25) is 12.7 Å². The van der Waals surface area contributed by atoms with Gasteiger partial charge in [-0.1, -0.05) is 0 Å². The van der Waals surface area contributed by atoms with E-state index in [0.717, 1.165) is 22.7 Å². The number of nitrogens with zero attached hydrogens (tertiary/aromatic N) is 2. The van der Waals surface area contributed by atoms with Crippen molar-refractivity contribution in [2.45, 2.75) is 12.8 Å². The summed E-state index contributed by atoms with van der Waals surface area (Å²) >= 11 is 0. The number of aromatic amines is 1. The number of hydrogen-bond acceptors (Lipinski definition) is 5. The molecule has 0 bridgehead atoms. The van der Waals surface area contributed by atoms with Gasteiger partial charge in [-0.25, -0.2) is 4.98 Å². The van der Waals surface area contributed by atoms with Crippen LogP contribution in [0.15, 0.2) is 12.1 Å². The van der Waals surface area contributed by atoms with Crippen LogP contribution in [0, 0.1) is 5.92 Å². The second kappa shape index (κ2) is 4.54. The van der Waals surface area contributed by atoms with E-state index in [2.05, 4.69) is 14.9 Å². The van der Waals surface area contributed by atoms with Crippen molar-refractivity contribution in [3.8, 4) is 11.5 Å². The Morgan fingerprint density at radius 1 is 1.29 bits per heavy atom. The molecule has 1 saturated heterocycles. The van der Waals surface area contributed by atoms with Crippen molar-refractivity contribution in [1.82, 2.24) is 9.97 Å². The monoisotopic (exact) mass is 289 g/mol. The molecule has 21 heavy (non-hydrogen) atoms. The third-order valence-corrected chi connectivity index (χ3v) is 4.11. The first-order valence-corrected chi connectivity index (χ1v) is 6.98. The van der Waals surface area contributed by atoms with E-state index in [1.54, 1.807) is 0 Å². The normalized spacial score (nSPS) is 18.4. The van der Waals surface area contributed by atoms with Crippen molar-refractivity contribution in [2.75, 3.05) is 24.8 Å². The van der Waals surface area contributed by atoms with Gasteiger partial charge in [0.1, 0.15) is 0 Å². The van der Waals surface area contributed by atoms with Gasteiger partial charge >= 0.3 is 5.97 Å². The predicted molar refractivity (Wildman–Crippen MR) is 74.8 cm³/mol. The minimum atomic E-state index is -0.704. The molecule has 0 radical (unpaired) electrons. The average molecular weight is 289 g/mol. The third kappa shape index (κ3) is 2.05. The molecule has 0 aliphatic carbocycles. The molecule has 0 amide bonds. The fourth-order valence-electron chi connectivity index (χ4n) is 2.87. The zero-order valence-electron chi connectivity index (χ0n) is 11.3. The highest BCUT2D eigenvalue weighted by Gasteiger charge is 2.26. The van der Waals surface area contributed by atoms with E-state index in [0.29, 0.717) is 31.7 Å². The van der Waals surface area contributed by atoms with Crippen LogP contribution in [-0.2, 0) is 4.79 Å². The van der Waals surface area contributed by atoms with Crippen molar-refractivity contribution in [2.24, 2.45) is 5.92 Å². The van der Waals surface area contributed by atoms with E-state index >= 15 is 0 Å². The molecule has 2 N–H and O–H groups in total. The summed E-state index contributed by atoms with van der Waals surface area (Å²) in [5.74, 6) is 1.27. The van der Waals surface area contributed by atoms with Crippen molar-refractivity contribution in [3.05, 3.63) is 12.1 Å². The number of aromatic nitrogens is 2. The maximum absolute atomic E-state index is 11.0. The van der Waals surface area contributed by atoms with Gasteiger partial charge in [-0.15, -0.1) is 0 Å². The minimum absolute atomic E-state index is 0.240. The summed E-state index contributed by atoms with van der Waals surface area (Å²) < 4.78 is 10.7. The van der Waals surface area contributed by atoms with Gasteiger partial charge in [-0.2, -0.15) is 0 Å². The lowest BCUT2D eigenvalue weighted by molar-refractivity contribution is -0.142. The van der Waals surface area contributed by atoms with E-state index in [1.165, 1.54) is 0 Å². The van der Waals surface area contributed by atoms with Crippen molar-refractivity contribution in [1.29, 1.82) is 0 Å². The number of nitrogens with one attached hydrogen (secondary N) is 1. The van der Waals surface area contributed by atoms with E-state index < -0.39 is 5.97 Å². The maximum atomic E-state index is 11.0. The van der Waals surface area contributed by atoms with Crippen LogP contribution in [0.3, 0.4) is 0 Å². The molecule has 4 rings (SSSR count). The fourth-order valence-corrected chi connectivity index (χ4v) is 2.87. The summed E-state index contributed by atoms with van der Waals surface area (Å²) in [7, 11) is 0. The second-order valence-corrected chi connectivity index (χ2v) is 5.38. The zero-order chi connectivity index (χ0) is 14.4. The number of carboxylic acids is 1. The van der Waals surface area contributed by atoms with E-state index in [-0.39, 0.29) is 12.7 Å². The summed E-state index contributed by atoms with van der Waals surface area (Å²) in [5, 5.41) is 9.03. The van der Waals surface area contributed by atoms with Crippen LogP contribution in [0.5, 0.6) is 11.5 Å². The number of anilines is 1. The van der Waals surface area contributed by atoms with Gasteiger partial charge < -0.3 is 24.5 Å². The summed E-state index contributed by atoms with van der Waals surface area (Å²) in [6.07, 6.45) is 1.30. The second-order valence-electron chi connectivity index (χ2n) is 5.38. The van der Waals surface area contributed by atoms with Crippen LogP contribution in [0.2, 0.25) is 0 Å². The molecule has 3 heterocycles. The third-order valence-electron chi connectivity index (χ3n) is 4.11. The summed E-state index contributed by atoms with van der Waals surface area (Å²) in [6, 6.07) is 3.75. The SMILES string of the molecule is O=C(O)C1CCN(c2nc3cc4c(cc3[nH]2)OCO4)CC1. The summed E-state index contributed by atoms with van der Waals surface area (Å²) in [6.45, 7) is 1.64. The Bertz CT molecular complexity index is 663. The molecule has 2 aliphatic heterocycles. The highest BCUT2D eigenvalue weighted by atomic mass is 16.7. The van der Waals surface area contributed by atoms with E-state index in [4.69, 9.17) is 14.6 Å². The number of H-pyrrole nitrogens is 1. The van der Waals surface area contributed by atoms with E-state index in [1.807, 2.05) is 12.1 Å². The van der Waals surface area contributed by atoms with Gasteiger partial charge in [0.25, 0.3) is 0 Å². The van der Waals surface area contributed by atoms with Crippen LogP contribution in [-0.4, -0.2) is 40.9 Å². The molecule has 0 unspecified atom stereocenters. The quantitative estimate of drug-likeness (QED) is 0.873. The van der Waals surface area contributed by atoms with Crippen LogP contribution >= 0.6 is 0 Å². The Morgan fingerprint density at radius 3 is 2.71 bits per heavy atom. The lowest BCUT2D eigenvalue weighted by Crippen LogP contribution is -2.36. The number of ether oxygens (including phenoxy) is 2. The van der Waals surface area contributed by atoms with Gasteiger partial charge in [-0.05, 0) is 12.8 Å². The molecule has 110 valence electrons. The summed E-state index contributed by atoms with van der Waals surface area (Å²) in [5.41, 5.74) is 1.73. The van der Waals surface area contributed by atoms with Crippen LogP contribution < -0.4 is 14.4 Å². The van der Waals surface area contributed by atoms with Gasteiger partial charge in [-0.3, -0.25) is 4.79 Å². The smallest absolute Gasteiger partial charge is 0.306 e. The predicted octanol–water partition coefficient (Wildman–Crippen LogP) is 1.59. The number of hydrogen-bond donors (Lipinski definition) is 2. The molecule has 7 nitrogen and oxygen atoms in total. The van der Waals surface area contributed by atoms with Crippen molar-refractivity contribution >= 4 is 23.0 Å². The Morgan fingerprint density at radius 2 is 2.00 bits per heavy atom. The van der Waals surface area contributed by atoms with Crippen molar-refractivity contribution in [3.63, 3.8) is 0 Å². The number of imidazole rings is 1. The number of carboxylic acid groups (broad SMARTS) is 1. The maximum Gasteiger partial charge on any atom is 0.306 e. The van der Waals surface area contributed by atoms with Crippen LogP contribution in [0.25, 0.3) is 11.0 Å². The number of aliphatic carboxylic acids is 1. The molecule has 0 saturated carbocycles. The molecule has 1 aromatic carbocycles. The lowest BCUT2D eigenvalue weighted by Gasteiger charge is -2.29. The molecular weight excluding hydrogens is 274 g/mol. The Hall–Kier alpha value is -2.44. The standard InChI is InChI=1S/C14H15N3O4/c18-13(19)8-1-3-17(4-2-8)14-15-9-5-11-12(21-7-20-11)6-10(9)16-14/h5-6,8H,1-4,7H2,(H,15,16)(H,18,19). The average Bonchev–Trinajstić information content (AvgIpc) is 3.10. The zero-order valence-corrected chi connectivity index (χ0v) is 11.3. The number of carbonyl (C=O) groups is 1. The number of piperidine rings is 1. The first-order valence-electron chi connectivity index (χ1n) is 6.98. The summed E-state index contributed by atoms with van der Waals surface area (Å²) in [4.78, 5) is 20.9. The molecule has 1 aromatic heterocycles. The van der Waals surface area contributed by atoms with Gasteiger partial charge in [0.15, 0.2) is 11.5 Å². The van der Waals surface area contributed by atoms with Crippen molar-refractivity contribution < 1.29 is 19.4 Å². The molecule has 7 heteroatoms. The largest absolute Gasteiger partial charge is 0.481 e. The molecular formula is C14H15N3O4. The lowest BCUT2D eigenvalue weighted by atomic mass is 9.97. The number of rotatable bonds is 2. The highest BCUT2D eigenvalue weighted by molar-refractivity contribution is 5.82. The fraction of sp³-hybridized carbons (Fsp3) is 0.429. The van der Waals surface area contributed by atoms with Gasteiger partial charge in [0, 0.05) is 25.2 Å². The molecule has 2 aliphatic rings. The van der Waals surface area contributed by atoms with Gasteiger partial charge in [0.05, 0.1) is 17.0 Å².